The van der Waals surface area contributed by atoms with Gasteiger partial charge in [0, 0.05) is 36.5 Å². The molecular formula is C12H21O6V-3. The summed E-state index contributed by atoms with van der Waals surface area (Å²) in [5.41, 5.74) is 0. The predicted molar refractivity (Wildman–Crippen MR) is 59.7 cm³/mol. The van der Waals surface area contributed by atoms with E-state index in [1.54, 1.807) is 20.8 Å². The Balaban J connectivity index is -0.0000000865. The number of rotatable bonds is 6. The van der Waals surface area contributed by atoms with E-state index in [0.717, 1.165) is 0 Å². The van der Waals surface area contributed by atoms with Gasteiger partial charge in [0.05, 0.1) is 0 Å². The zero-order valence-electron chi connectivity index (χ0n) is 11.6. The molecule has 0 unspecified atom stereocenters. The largest absolute Gasteiger partial charge is 0.550 e. The number of hydrogen-bond acceptors (Lipinski definition) is 6. The van der Waals surface area contributed by atoms with E-state index < -0.39 is 17.9 Å². The zero-order valence-corrected chi connectivity index (χ0v) is 13.0. The molecule has 0 saturated heterocycles. The second kappa shape index (κ2) is 22.2. The summed E-state index contributed by atoms with van der Waals surface area (Å²) in [5, 5.41) is 28.5. The molecule has 0 fully saturated rings. The summed E-state index contributed by atoms with van der Waals surface area (Å²) in [6.07, 6.45) is 2.55. The van der Waals surface area contributed by atoms with Gasteiger partial charge in [0.25, 0.3) is 0 Å². The maximum atomic E-state index is 9.49. The molecule has 0 aromatic carbocycles. The molecule has 19 heavy (non-hydrogen) atoms. The number of aliphatic carboxylic acids is 3. The van der Waals surface area contributed by atoms with Gasteiger partial charge < -0.3 is 29.7 Å². The summed E-state index contributed by atoms with van der Waals surface area (Å²) in [6, 6.07) is 0. The maximum absolute atomic E-state index is 9.49. The summed E-state index contributed by atoms with van der Waals surface area (Å²) in [4.78, 5) is 28.5. The fraction of sp³-hybridized carbons (Fsp3) is 0.750. The molecule has 0 heterocycles. The molecule has 0 aliphatic rings. The van der Waals surface area contributed by atoms with Gasteiger partial charge in [-0.25, -0.2) is 0 Å². The Hall–Kier alpha value is -1.01. The molecule has 0 amide bonds. The standard InChI is InChI=1S/3C4H8O2.V/c3*1-2-3-4(5)6;/h3*2-3H2,1H3,(H,5,6);/p-3. The molecule has 0 saturated carbocycles. The number of carboxylic acid groups (broad SMARTS) is 3. The number of carbonyl (C=O) groups excluding carboxylic acids is 3. The van der Waals surface area contributed by atoms with Gasteiger partial charge in [-0.1, -0.05) is 40.0 Å². The van der Waals surface area contributed by atoms with E-state index in [-0.39, 0.29) is 37.8 Å². The van der Waals surface area contributed by atoms with Crippen LogP contribution in [0.5, 0.6) is 0 Å². The van der Waals surface area contributed by atoms with Gasteiger partial charge >= 0.3 is 0 Å². The van der Waals surface area contributed by atoms with Crippen molar-refractivity contribution in [2.45, 2.75) is 59.3 Å². The van der Waals surface area contributed by atoms with Crippen LogP contribution in [0, 0.1) is 0 Å². The molecule has 0 atom stereocenters. The Morgan fingerprint density at radius 3 is 0.789 bits per heavy atom. The third kappa shape index (κ3) is 59.8. The third-order valence-corrected chi connectivity index (χ3v) is 1.36. The van der Waals surface area contributed by atoms with Crippen molar-refractivity contribution in [1.29, 1.82) is 0 Å². The van der Waals surface area contributed by atoms with Gasteiger partial charge in [0.1, 0.15) is 0 Å². The van der Waals surface area contributed by atoms with Crippen LogP contribution in [-0.4, -0.2) is 17.9 Å². The molecule has 0 aliphatic heterocycles. The van der Waals surface area contributed by atoms with E-state index in [1.165, 1.54) is 0 Å². The first-order valence-electron chi connectivity index (χ1n) is 5.91. The van der Waals surface area contributed by atoms with E-state index in [0.29, 0.717) is 19.3 Å². The summed E-state index contributed by atoms with van der Waals surface area (Å²) < 4.78 is 0. The molecule has 0 aromatic rings. The summed E-state index contributed by atoms with van der Waals surface area (Å²) >= 11 is 0. The first-order valence-corrected chi connectivity index (χ1v) is 5.91. The van der Waals surface area contributed by atoms with Gasteiger partial charge in [0.2, 0.25) is 0 Å². The molecule has 0 N–H and O–H groups in total. The molecule has 0 aromatic heterocycles. The van der Waals surface area contributed by atoms with Crippen LogP contribution in [0.2, 0.25) is 0 Å². The van der Waals surface area contributed by atoms with Gasteiger partial charge in [-0.15, -0.1) is 0 Å². The molecular weight excluding hydrogens is 291 g/mol. The topological polar surface area (TPSA) is 120 Å². The van der Waals surface area contributed by atoms with Crippen LogP contribution >= 0.6 is 0 Å². The van der Waals surface area contributed by atoms with Gasteiger partial charge in [-0.2, -0.15) is 0 Å². The van der Waals surface area contributed by atoms with Crippen molar-refractivity contribution in [2.24, 2.45) is 0 Å². The first kappa shape index (κ1) is 26.5. The molecule has 0 spiro atoms. The average Bonchev–Trinajstić information content (AvgIpc) is 2.18. The zero-order chi connectivity index (χ0) is 15.0. The average molecular weight is 312 g/mol. The molecule has 1 radical (unpaired) electrons. The smallest absolute Gasteiger partial charge is 0.0414 e. The van der Waals surface area contributed by atoms with E-state index in [2.05, 4.69) is 0 Å². The Morgan fingerprint density at radius 2 is 0.789 bits per heavy atom. The maximum Gasteiger partial charge on any atom is 0.0414 e. The normalized spacial score (nSPS) is 7.74. The molecule has 0 aliphatic carbocycles. The molecule has 7 heteroatoms. The van der Waals surface area contributed by atoms with E-state index in [1.807, 2.05) is 0 Å². The quantitative estimate of drug-likeness (QED) is 0.595. The fourth-order valence-corrected chi connectivity index (χ4v) is 0.612. The third-order valence-electron chi connectivity index (χ3n) is 1.36. The van der Waals surface area contributed by atoms with Crippen molar-refractivity contribution in [3.05, 3.63) is 0 Å². The summed E-state index contributed by atoms with van der Waals surface area (Å²) in [7, 11) is 0. The van der Waals surface area contributed by atoms with E-state index >= 15 is 0 Å². The Kier molecular flexibility index (Phi) is 31.0. The predicted octanol–water partition coefficient (Wildman–Crippen LogP) is -1.39. The number of carboxylic acids is 3. The Morgan fingerprint density at radius 1 is 0.632 bits per heavy atom. The van der Waals surface area contributed by atoms with Gasteiger partial charge in [-0.3, -0.25) is 0 Å². The molecule has 0 rings (SSSR count). The monoisotopic (exact) mass is 312 g/mol. The Labute approximate surface area is 126 Å². The van der Waals surface area contributed by atoms with Crippen LogP contribution in [0.25, 0.3) is 0 Å². The minimum atomic E-state index is -0.961. The minimum Gasteiger partial charge on any atom is -0.550 e. The fourth-order valence-electron chi connectivity index (χ4n) is 0.612. The summed E-state index contributed by atoms with van der Waals surface area (Å²) in [5.74, 6) is -2.88. The SMILES string of the molecule is CCCC(=O)[O-].CCCC(=O)[O-].CCCC(=O)[O-].[V]. The first-order chi connectivity index (χ1) is 8.31. The second-order valence-corrected chi connectivity index (χ2v) is 3.37. The number of carbonyl (C=O) groups is 3. The van der Waals surface area contributed by atoms with Crippen LogP contribution < -0.4 is 15.3 Å². The van der Waals surface area contributed by atoms with E-state index in [4.69, 9.17) is 0 Å². The van der Waals surface area contributed by atoms with Crippen LogP contribution in [0.1, 0.15) is 59.3 Å². The van der Waals surface area contributed by atoms with Crippen LogP contribution in [0.3, 0.4) is 0 Å². The van der Waals surface area contributed by atoms with Crippen LogP contribution in [-0.2, 0) is 32.9 Å². The van der Waals surface area contributed by atoms with Gasteiger partial charge in [-0.05, 0) is 19.3 Å². The molecule has 113 valence electrons. The van der Waals surface area contributed by atoms with E-state index in [9.17, 15) is 29.7 Å². The van der Waals surface area contributed by atoms with Crippen molar-refractivity contribution in [1.82, 2.24) is 0 Å². The number of hydrogen-bond donors (Lipinski definition) is 0. The van der Waals surface area contributed by atoms with Crippen molar-refractivity contribution < 1.29 is 48.3 Å². The second-order valence-electron chi connectivity index (χ2n) is 3.37. The summed E-state index contributed by atoms with van der Waals surface area (Å²) in [6.45, 7) is 5.40. The van der Waals surface area contributed by atoms with Crippen molar-refractivity contribution in [3.63, 3.8) is 0 Å². The van der Waals surface area contributed by atoms with Crippen LogP contribution in [0.15, 0.2) is 0 Å². The Bertz CT molecular complexity index is 192. The van der Waals surface area contributed by atoms with Crippen molar-refractivity contribution in [3.8, 4) is 0 Å². The van der Waals surface area contributed by atoms with Crippen molar-refractivity contribution in [2.75, 3.05) is 0 Å². The van der Waals surface area contributed by atoms with Crippen molar-refractivity contribution >= 4 is 17.9 Å². The molecule has 0 bridgehead atoms. The van der Waals surface area contributed by atoms with Crippen LogP contribution in [0.4, 0.5) is 0 Å². The molecule has 6 nitrogen and oxygen atoms in total. The van der Waals surface area contributed by atoms with Gasteiger partial charge in [0.15, 0.2) is 0 Å². The minimum absolute atomic E-state index is 0.